The number of hydrogen-bond acceptors (Lipinski definition) is 6. The van der Waals surface area contributed by atoms with Crippen LogP contribution < -0.4 is 15.6 Å². The molecule has 0 aliphatic rings. The van der Waals surface area contributed by atoms with E-state index in [1.165, 1.54) is 7.11 Å². The molecule has 0 atom stereocenters. The van der Waals surface area contributed by atoms with Gasteiger partial charge < -0.3 is 29.1 Å². The van der Waals surface area contributed by atoms with E-state index in [2.05, 4.69) is 10.3 Å². The number of H-pyrrole nitrogens is 1. The molecule has 4 aromatic rings. The molecular weight excluding hydrogens is 466 g/mol. The van der Waals surface area contributed by atoms with E-state index < -0.39 is 5.97 Å². The van der Waals surface area contributed by atoms with Gasteiger partial charge in [0.25, 0.3) is 5.56 Å². The Bertz CT molecular complexity index is 1400. The highest BCUT2D eigenvalue weighted by Crippen LogP contribution is 2.21. The second-order valence-corrected chi connectivity index (χ2v) is 8.10. The fourth-order valence-corrected chi connectivity index (χ4v) is 3.91. The molecule has 0 fully saturated rings. The Morgan fingerprint density at radius 3 is 2.69 bits per heavy atom. The summed E-state index contributed by atoms with van der Waals surface area (Å²) in [6.07, 6.45) is 1.58. The zero-order valence-electron chi connectivity index (χ0n) is 19.4. The van der Waals surface area contributed by atoms with Gasteiger partial charge in [0.15, 0.2) is 5.11 Å². The lowest BCUT2D eigenvalue weighted by Crippen LogP contribution is -2.35. The summed E-state index contributed by atoms with van der Waals surface area (Å²) in [6.45, 7) is 2.99. The molecule has 35 heavy (non-hydrogen) atoms. The minimum Gasteiger partial charge on any atom is -0.494 e. The number of benzene rings is 2. The number of rotatable bonds is 8. The molecule has 0 saturated heterocycles. The topological polar surface area (TPSA) is 96.8 Å². The summed E-state index contributed by atoms with van der Waals surface area (Å²) in [5, 5.41) is 4.29. The van der Waals surface area contributed by atoms with Crippen LogP contribution in [0.1, 0.15) is 28.6 Å². The van der Waals surface area contributed by atoms with Crippen molar-refractivity contribution in [3.05, 3.63) is 94.2 Å². The molecule has 180 valence electrons. The van der Waals surface area contributed by atoms with Gasteiger partial charge in [-0.05, 0) is 67.7 Å². The van der Waals surface area contributed by atoms with Crippen molar-refractivity contribution in [2.75, 3.05) is 19.0 Å². The van der Waals surface area contributed by atoms with Crippen LogP contribution in [0.25, 0.3) is 10.9 Å². The quantitative estimate of drug-likeness (QED) is 0.270. The third-order valence-corrected chi connectivity index (χ3v) is 5.71. The van der Waals surface area contributed by atoms with Gasteiger partial charge in [0, 0.05) is 16.5 Å². The van der Waals surface area contributed by atoms with Gasteiger partial charge in [-0.25, -0.2) is 4.79 Å². The SMILES string of the molecule is CCOc1ccc2[nH]c(=O)c(CN(Cc3ccco3)C(=S)Nc3ccccc3C(=O)OC)cc2c1. The normalized spacial score (nSPS) is 10.7. The number of carbonyl (C=O) groups excluding carboxylic acids is 1. The highest BCUT2D eigenvalue weighted by atomic mass is 32.1. The number of pyridine rings is 1. The van der Waals surface area contributed by atoms with Crippen LogP contribution >= 0.6 is 12.2 Å². The first-order valence-corrected chi connectivity index (χ1v) is 11.4. The molecule has 0 spiro atoms. The number of thiocarbonyl (C=S) groups is 1. The number of furan rings is 1. The molecule has 0 saturated carbocycles. The van der Waals surface area contributed by atoms with Crippen LogP contribution in [-0.4, -0.2) is 34.7 Å². The summed E-state index contributed by atoms with van der Waals surface area (Å²) in [5.74, 6) is 0.915. The molecule has 0 bridgehead atoms. The Morgan fingerprint density at radius 1 is 1.11 bits per heavy atom. The molecule has 0 radical (unpaired) electrons. The predicted octanol–water partition coefficient (Wildman–Crippen LogP) is 4.71. The van der Waals surface area contributed by atoms with Gasteiger partial charge in [-0.1, -0.05) is 12.1 Å². The number of carbonyl (C=O) groups is 1. The van der Waals surface area contributed by atoms with Crippen molar-refractivity contribution >= 4 is 39.9 Å². The highest BCUT2D eigenvalue weighted by Gasteiger charge is 2.18. The van der Waals surface area contributed by atoms with Crippen LogP contribution in [-0.2, 0) is 17.8 Å². The summed E-state index contributed by atoms with van der Waals surface area (Å²) in [4.78, 5) is 29.8. The van der Waals surface area contributed by atoms with Crippen molar-refractivity contribution in [3.8, 4) is 5.75 Å². The molecule has 2 aromatic heterocycles. The lowest BCUT2D eigenvalue weighted by molar-refractivity contribution is 0.0602. The lowest BCUT2D eigenvalue weighted by atomic mass is 10.1. The largest absolute Gasteiger partial charge is 0.494 e. The fourth-order valence-electron chi connectivity index (χ4n) is 3.67. The molecular formula is C26H25N3O5S. The molecule has 2 aromatic carbocycles. The highest BCUT2D eigenvalue weighted by molar-refractivity contribution is 7.80. The van der Waals surface area contributed by atoms with Crippen molar-refractivity contribution in [1.29, 1.82) is 0 Å². The van der Waals surface area contributed by atoms with E-state index in [-0.39, 0.29) is 12.1 Å². The van der Waals surface area contributed by atoms with Crippen molar-refractivity contribution in [1.82, 2.24) is 9.88 Å². The van der Waals surface area contributed by atoms with E-state index in [1.807, 2.05) is 37.3 Å². The lowest BCUT2D eigenvalue weighted by Gasteiger charge is -2.25. The number of aromatic nitrogens is 1. The van der Waals surface area contributed by atoms with Gasteiger partial charge in [0.2, 0.25) is 0 Å². The number of nitrogens with zero attached hydrogens (tertiary/aromatic N) is 1. The van der Waals surface area contributed by atoms with Gasteiger partial charge in [-0.3, -0.25) is 4.79 Å². The van der Waals surface area contributed by atoms with Crippen LogP contribution in [0.3, 0.4) is 0 Å². The summed E-state index contributed by atoms with van der Waals surface area (Å²) in [6, 6.07) is 17.9. The minimum absolute atomic E-state index is 0.205. The van der Waals surface area contributed by atoms with Gasteiger partial charge in [-0.2, -0.15) is 0 Å². The van der Waals surface area contributed by atoms with Crippen LogP contribution in [0.5, 0.6) is 5.75 Å². The average molecular weight is 492 g/mol. The number of esters is 1. The molecule has 0 aliphatic carbocycles. The van der Waals surface area contributed by atoms with E-state index in [9.17, 15) is 9.59 Å². The fraction of sp³-hybridized carbons (Fsp3) is 0.192. The maximum absolute atomic E-state index is 12.9. The molecule has 2 heterocycles. The summed E-state index contributed by atoms with van der Waals surface area (Å²) >= 11 is 5.70. The minimum atomic E-state index is -0.482. The van der Waals surface area contributed by atoms with Crippen LogP contribution in [0.15, 0.2) is 76.1 Å². The molecule has 0 unspecified atom stereocenters. The maximum Gasteiger partial charge on any atom is 0.339 e. The second kappa shape index (κ2) is 10.9. The van der Waals surface area contributed by atoms with Gasteiger partial charge >= 0.3 is 5.97 Å². The van der Waals surface area contributed by atoms with E-state index in [1.54, 1.807) is 41.5 Å². The van der Waals surface area contributed by atoms with Crippen molar-refractivity contribution in [2.24, 2.45) is 0 Å². The van der Waals surface area contributed by atoms with Gasteiger partial charge in [0.1, 0.15) is 11.5 Å². The standard InChI is InChI=1S/C26H25N3O5S/c1-3-33-19-10-11-22-17(14-19)13-18(24(30)27-22)15-29(16-20-7-6-12-34-20)26(35)28-23-9-5-4-8-21(23)25(31)32-2/h4-14H,3,15-16H2,1-2H3,(H,27,30)(H,28,35). The third kappa shape index (κ3) is 5.70. The summed E-state index contributed by atoms with van der Waals surface area (Å²) in [5.41, 5.74) is 1.87. The number of anilines is 1. The average Bonchev–Trinajstić information content (AvgIpc) is 3.37. The number of fused-ring (bicyclic) bond motifs is 1. The zero-order chi connectivity index (χ0) is 24.8. The van der Waals surface area contributed by atoms with Crippen molar-refractivity contribution in [2.45, 2.75) is 20.0 Å². The number of aromatic amines is 1. The third-order valence-electron chi connectivity index (χ3n) is 5.35. The maximum atomic E-state index is 12.9. The predicted molar refractivity (Wildman–Crippen MR) is 138 cm³/mol. The molecule has 9 heteroatoms. The monoisotopic (exact) mass is 491 g/mol. The summed E-state index contributed by atoms with van der Waals surface area (Å²) < 4.78 is 16.0. The molecule has 0 aliphatic heterocycles. The van der Waals surface area contributed by atoms with E-state index in [0.717, 1.165) is 11.1 Å². The Labute approximate surface area is 207 Å². The Balaban J connectivity index is 1.65. The van der Waals surface area contributed by atoms with Crippen LogP contribution in [0, 0.1) is 0 Å². The number of methoxy groups -OCH3 is 1. The Hall–Kier alpha value is -4.11. The zero-order valence-corrected chi connectivity index (χ0v) is 20.2. The van der Waals surface area contributed by atoms with Crippen molar-refractivity contribution in [3.63, 3.8) is 0 Å². The molecule has 2 N–H and O–H groups in total. The Morgan fingerprint density at radius 2 is 1.94 bits per heavy atom. The number of nitrogens with one attached hydrogen (secondary N) is 2. The Kier molecular flexibility index (Phi) is 7.47. The van der Waals surface area contributed by atoms with E-state index >= 15 is 0 Å². The van der Waals surface area contributed by atoms with Gasteiger partial charge in [-0.15, -0.1) is 0 Å². The first-order chi connectivity index (χ1) is 17.0. The first kappa shape index (κ1) is 24.0. The van der Waals surface area contributed by atoms with E-state index in [4.69, 9.17) is 26.1 Å². The molecule has 0 amide bonds. The second-order valence-electron chi connectivity index (χ2n) is 7.71. The van der Waals surface area contributed by atoms with Gasteiger partial charge in [0.05, 0.1) is 44.3 Å². The number of hydrogen-bond donors (Lipinski definition) is 2. The number of para-hydroxylation sites is 1. The van der Waals surface area contributed by atoms with Crippen LogP contribution in [0.4, 0.5) is 5.69 Å². The van der Waals surface area contributed by atoms with E-state index in [0.29, 0.717) is 46.4 Å². The molecule has 8 nitrogen and oxygen atoms in total. The first-order valence-electron chi connectivity index (χ1n) is 11.0. The van der Waals surface area contributed by atoms with Crippen LogP contribution in [0.2, 0.25) is 0 Å². The summed E-state index contributed by atoms with van der Waals surface area (Å²) in [7, 11) is 1.32. The molecule has 4 rings (SSSR count). The van der Waals surface area contributed by atoms with Crippen molar-refractivity contribution < 1.29 is 18.7 Å². The smallest absolute Gasteiger partial charge is 0.339 e. The number of ether oxygens (including phenoxy) is 2.